The Labute approximate surface area is 473 Å². The van der Waals surface area contributed by atoms with Gasteiger partial charge in [0.1, 0.15) is 13.2 Å². The molecule has 0 N–H and O–H groups in total. The van der Waals surface area contributed by atoms with Crippen LogP contribution in [0.4, 0.5) is 0 Å². The number of carbonyl (C=O) groups is 3. The third-order valence-electron chi connectivity index (χ3n) is 15.1. The normalized spacial score (nSPS) is 12.3. The molecule has 0 bridgehead atoms. The molecule has 6 heteroatoms. The first-order valence-corrected chi connectivity index (χ1v) is 33.6. The molecule has 0 heterocycles. The zero-order valence-corrected chi connectivity index (χ0v) is 51.0. The molecule has 1 unspecified atom stereocenters. The lowest BCUT2D eigenvalue weighted by atomic mass is 10.0. The minimum atomic E-state index is -0.778. The van der Waals surface area contributed by atoms with E-state index < -0.39 is 6.10 Å². The number of rotatable bonds is 62. The third-order valence-corrected chi connectivity index (χ3v) is 15.1. The van der Waals surface area contributed by atoms with Crippen molar-refractivity contribution in [2.75, 3.05) is 13.2 Å². The van der Waals surface area contributed by atoms with Gasteiger partial charge in [-0.1, -0.05) is 307 Å². The standard InChI is InChI=1S/C70H128O6/c1-4-7-10-13-16-19-22-25-27-29-31-32-33-34-35-36-37-38-40-41-43-45-48-51-54-57-60-63-69(72)75-66-67(65-74-68(71)62-59-56-53-50-47-24-21-18-15-12-9-6-3)76-70(73)64-61-58-55-52-49-46-44-42-39-30-28-26-23-20-17-14-11-8-5-2/h17,20,26,28-29,31,39,42,67H,4-16,18-19,21-25,27,30,32-38,40-41,43-66H2,1-3H3/b20-17-,28-26-,31-29-,42-39-. The summed E-state index contributed by atoms with van der Waals surface area (Å²) in [6.07, 6.45) is 81.3. The van der Waals surface area contributed by atoms with Crippen molar-refractivity contribution in [3.8, 4) is 0 Å². The molecule has 0 saturated carbocycles. The van der Waals surface area contributed by atoms with Crippen molar-refractivity contribution in [3.63, 3.8) is 0 Å². The second-order valence-corrected chi connectivity index (χ2v) is 22.7. The van der Waals surface area contributed by atoms with Crippen LogP contribution in [0.15, 0.2) is 48.6 Å². The largest absolute Gasteiger partial charge is 0.462 e. The number of hydrogen-bond donors (Lipinski definition) is 0. The Balaban J connectivity index is 4.23. The second-order valence-electron chi connectivity index (χ2n) is 22.7. The smallest absolute Gasteiger partial charge is 0.306 e. The summed E-state index contributed by atoms with van der Waals surface area (Å²) >= 11 is 0. The van der Waals surface area contributed by atoms with Gasteiger partial charge in [0.2, 0.25) is 0 Å². The van der Waals surface area contributed by atoms with E-state index in [1.165, 1.54) is 244 Å². The Morgan fingerprint density at radius 1 is 0.263 bits per heavy atom. The number of carbonyl (C=O) groups excluding carboxylic acids is 3. The van der Waals surface area contributed by atoms with Gasteiger partial charge < -0.3 is 14.2 Å². The van der Waals surface area contributed by atoms with Gasteiger partial charge in [-0.25, -0.2) is 0 Å². The van der Waals surface area contributed by atoms with E-state index in [9.17, 15) is 14.4 Å². The zero-order chi connectivity index (χ0) is 55.0. The molecule has 444 valence electrons. The van der Waals surface area contributed by atoms with Gasteiger partial charge in [0.25, 0.3) is 0 Å². The van der Waals surface area contributed by atoms with E-state index in [1.54, 1.807) is 0 Å². The molecule has 0 aliphatic carbocycles. The summed E-state index contributed by atoms with van der Waals surface area (Å²) in [6, 6.07) is 0. The maximum absolute atomic E-state index is 12.9. The van der Waals surface area contributed by atoms with E-state index in [1.807, 2.05) is 0 Å². The van der Waals surface area contributed by atoms with Gasteiger partial charge in [-0.15, -0.1) is 0 Å². The Kier molecular flexibility index (Phi) is 62.6. The van der Waals surface area contributed by atoms with E-state index in [-0.39, 0.29) is 31.1 Å². The SMILES string of the molecule is CCCCC/C=C\C/C=C\C/C=C\CCCCCCCCC(=O)OC(COC(=O)CCCCCCCCCCCCCC)COC(=O)CCCCCCCCCCCCCCCCC/C=C\CCCCCCCCCC. The first kappa shape index (κ1) is 73.4. The van der Waals surface area contributed by atoms with E-state index in [4.69, 9.17) is 14.2 Å². The van der Waals surface area contributed by atoms with Gasteiger partial charge in [0, 0.05) is 19.3 Å². The summed E-state index contributed by atoms with van der Waals surface area (Å²) in [5.74, 6) is -0.865. The lowest BCUT2D eigenvalue weighted by Crippen LogP contribution is -2.30. The summed E-state index contributed by atoms with van der Waals surface area (Å²) in [4.78, 5) is 38.3. The Hall–Kier alpha value is -2.63. The van der Waals surface area contributed by atoms with E-state index >= 15 is 0 Å². The van der Waals surface area contributed by atoms with Gasteiger partial charge >= 0.3 is 17.9 Å². The maximum Gasteiger partial charge on any atom is 0.306 e. The van der Waals surface area contributed by atoms with Crippen LogP contribution in [-0.4, -0.2) is 37.2 Å². The van der Waals surface area contributed by atoms with Crippen molar-refractivity contribution >= 4 is 17.9 Å². The average molecular weight is 1070 g/mol. The van der Waals surface area contributed by atoms with Crippen molar-refractivity contribution < 1.29 is 28.6 Å². The summed E-state index contributed by atoms with van der Waals surface area (Å²) < 4.78 is 16.9. The highest BCUT2D eigenvalue weighted by Crippen LogP contribution is 2.17. The maximum atomic E-state index is 12.9. The highest BCUT2D eigenvalue weighted by Gasteiger charge is 2.19. The monoisotopic (exact) mass is 1060 g/mol. The molecule has 0 rings (SSSR count). The summed E-state index contributed by atoms with van der Waals surface area (Å²) in [7, 11) is 0. The van der Waals surface area contributed by atoms with Gasteiger partial charge in [0.05, 0.1) is 0 Å². The quantitative estimate of drug-likeness (QED) is 0.0261. The molecule has 0 fully saturated rings. The number of unbranched alkanes of at least 4 members (excludes halogenated alkanes) is 43. The van der Waals surface area contributed by atoms with Gasteiger partial charge in [-0.3, -0.25) is 14.4 Å². The molecular formula is C70H128O6. The second kappa shape index (κ2) is 64.9. The number of esters is 3. The molecule has 0 aliphatic heterocycles. The van der Waals surface area contributed by atoms with E-state index in [2.05, 4.69) is 69.4 Å². The van der Waals surface area contributed by atoms with Gasteiger partial charge in [-0.2, -0.15) is 0 Å². The highest BCUT2D eigenvalue weighted by atomic mass is 16.6. The molecule has 0 aromatic carbocycles. The fourth-order valence-electron chi connectivity index (χ4n) is 9.98. The molecule has 0 amide bonds. The third kappa shape index (κ3) is 62.2. The minimum absolute atomic E-state index is 0.0743. The molecule has 0 radical (unpaired) electrons. The predicted molar refractivity (Wildman–Crippen MR) is 330 cm³/mol. The Bertz CT molecular complexity index is 1310. The van der Waals surface area contributed by atoms with Crippen molar-refractivity contribution in [1.82, 2.24) is 0 Å². The molecule has 1 atom stereocenters. The molecule has 0 aromatic rings. The first-order chi connectivity index (χ1) is 37.5. The van der Waals surface area contributed by atoms with Crippen LogP contribution >= 0.6 is 0 Å². The van der Waals surface area contributed by atoms with E-state index in [0.29, 0.717) is 19.3 Å². The van der Waals surface area contributed by atoms with Crippen LogP contribution < -0.4 is 0 Å². The number of hydrogen-bond acceptors (Lipinski definition) is 6. The van der Waals surface area contributed by atoms with Crippen molar-refractivity contribution in [1.29, 1.82) is 0 Å². The summed E-state index contributed by atoms with van der Waals surface area (Å²) in [6.45, 7) is 6.65. The van der Waals surface area contributed by atoms with Crippen LogP contribution in [0.3, 0.4) is 0 Å². The van der Waals surface area contributed by atoms with Crippen molar-refractivity contribution in [3.05, 3.63) is 48.6 Å². The van der Waals surface area contributed by atoms with Crippen LogP contribution in [0.2, 0.25) is 0 Å². The summed E-state index contributed by atoms with van der Waals surface area (Å²) in [5.41, 5.74) is 0. The molecule has 6 nitrogen and oxygen atoms in total. The molecule has 0 saturated heterocycles. The molecule has 0 aromatic heterocycles. The molecule has 0 spiro atoms. The van der Waals surface area contributed by atoms with Crippen LogP contribution in [0.5, 0.6) is 0 Å². The van der Waals surface area contributed by atoms with Crippen molar-refractivity contribution in [2.24, 2.45) is 0 Å². The van der Waals surface area contributed by atoms with Crippen LogP contribution in [0.1, 0.15) is 361 Å². The number of ether oxygens (including phenoxy) is 3. The minimum Gasteiger partial charge on any atom is -0.462 e. The highest BCUT2D eigenvalue weighted by molar-refractivity contribution is 5.71. The Morgan fingerprint density at radius 3 is 0.776 bits per heavy atom. The fraction of sp³-hybridized carbons (Fsp3) is 0.843. The van der Waals surface area contributed by atoms with Crippen LogP contribution in [0.25, 0.3) is 0 Å². The van der Waals surface area contributed by atoms with Crippen LogP contribution in [0, 0.1) is 0 Å². The van der Waals surface area contributed by atoms with Gasteiger partial charge in [0.15, 0.2) is 6.10 Å². The summed E-state index contributed by atoms with van der Waals surface area (Å²) in [5, 5.41) is 0. The molecule has 0 aliphatic rings. The Morgan fingerprint density at radius 2 is 0.474 bits per heavy atom. The number of allylic oxidation sites excluding steroid dienone is 8. The molecule has 76 heavy (non-hydrogen) atoms. The first-order valence-electron chi connectivity index (χ1n) is 33.6. The fourth-order valence-corrected chi connectivity index (χ4v) is 9.98. The lowest BCUT2D eigenvalue weighted by molar-refractivity contribution is -0.167. The topological polar surface area (TPSA) is 78.9 Å². The zero-order valence-electron chi connectivity index (χ0n) is 51.0. The van der Waals surface area contributed by atoms with Gasteiger partial charge in [-0.05, 0) is 83.5 Å². The molecular weight excluding hydrogens is 937 g/mol. The van der Waals surface area contributed by atoms with Crippen molar-refractivity contribution in [2.45, 2.75) is 367 Å². The van der Waals surface area contributed by atoms with Crippen LogP contribution in [-0.2, 0) is 28.6 Å². The average Bonchev–Trinajstić information content (AvgIpc) is 3.42. The van der Waals surface area contributed by atoms with E-state index in [0.717, 1.165) is 77.0 Å². The predicted octanol–water partition coefficient (Wildman–Crippen LogP) is 22.9. The lowest BCUT2D eigenvalue weighted by Gasteiger charge is -2.18.